The number of anilines is 3. The molecule has 4 rings (SSSR count). The molecule has 41 heavy (non-hydrogen) atoms. The highest BCUT2D eigenvalue weighted by Crippen LogP contribution is 2.27. The van der Waals surface area contributed by atoms with Crippen LogP contribution in [0.25, 0.3) is 0 Å². The Morgan fingerprint density at radius 2 is 1.29 bits per heavy atom. The summed E-state index contributed by atoms with van der Waals surface area (Å²) in [4.78, 5) is 38.0. The second-order valence-corrected chi connectivity index (χ2v) is 10.7. The number of aryl methyl sites for hydroxylation is 2. The van der Waals surface area contributed by atoms with Gasteiger partial charge in [-0.15, -0.1) is 0 Å². The summed E-state index contributed by atoms with van der Waals surface area (Å²) in [7, 11) is 3.19. The van der Waals surface area contributed by atoms with Crippen LogP contribution in [0.1, 0.15) is 31.8 Å². The van der Waals surface area contributed by atoms with E-state index in [2.05, 4.69) is 67.7 Å². The van der Waals surface area contributed by atoms with Crippen LogP contribution in [0.5, 0.6) is 0 Å². The van der Waals surface area contributed by atoms with Gasteiger partial charge in [0.25, 0.3) is 11.8 Å². The first-order chi connectivity index (χ1) is 19.4. The first-order valence-corrected chi connectivity index (χ1v) is 14.3. The average Bonchev–Trinajstić information content (AvgIpc) is 2.95. The van der Waals surface area contributed by atoms with Gasteiger partial charge in [-0.3, -0.25) is 9.59 Å². The number of nitrogens with two attached hydrogens (primary N) is 1. The maximum absolute atomic E-state index is 11.7. The molecule has 2 aromatic carbocycles. The Labute approximate surface area is 269 Å². The number of nitrogens with one attached hydrogen (secondary N) is 3. The number of benzene rings is 2. The molecule has 0 radical (unpaired) electrons. The fourth-order valence-electron chi connectivity index (χ4n) is 2.86. The van der Waals surface area contributed by atoms with E-state index in [0.29, 0.717) is 36.7 Å². The number of nitrogen functional groups attached to an aromatic ring is 1. The maximum Gasteiger partial charge on any atom is 0.251 e. The third-order valence-electron chi connectivity index (χ3n) is 5.14. The van der Waals surface area contributed by atoms with E-state index < -0.39 is 0 Å². The van der Waals surface area contributed by atoms with Crippen LogP contribution in [0.15, 0.2) is 57.7 Å². The Kier molecular flexibility index (Phi) is 13.7. The van der Waals surface area contributed by atoms with Gasteiger partial charge in [0.05, 0.1) is 8.95 Å². The van der Waals surface area contributed by atoms with Crippen molar-refractivity contribution in [2.75, 3.05) is 25.1 Å². The van der Waals surface area contributed by atoms with Crippen molar-refractivity contribution in [3.8, 4) is 0 Å². The van der Waals surface area contributed by atoms with Crippen molar-refractivity contribution in [3.63, 3.8) is 0 Å². The van der Waals surface area contributed by atoms with E-state index in [4.69, 9.17) is 40.5 Å². The van der Waals surface area contributed by atoms with Crippen LogP contribution in [0, 0.1) is 13.8 Å². The van der Waals surface area contributed by atoms with Crippen LogP contribution in [-0.4, -0.2) is 45.8 Å². The summed E-state index contributed by atoms with van der Waals surface area (Å²) >= 11 is 23.2. The zero-order valence-corrected chi connectivity index (χ0v) is 27.6. The van der Waals surface area contributed by atoms with Crippen LogP contribution in [0.2, 0.25) is 15.7 Å². The molecule has 0 aliphatic heterocycles. The molecule has 0 saturated heterocycles. The lowest BCUT2D eigenvalue weighted by molar-refractivity contribution is 0.0955. The fourth-order valence-corrected chi connectivity index (χ4v) is 3.78. The quantitative estimate of drug-likeness (QED) is 0.101. The molecule has 15 heteroatoms. The van der Waals surface area contributed by atoms with E-state index in [-0.39, 0.29) is 22.4 Å². The molecule has 2 heterocycles. The first kappa shape index (κ1) is 34.2. The van der Waals surface area contributed by atoms with E-state index in [1.807, 2.05) is 26.0 Å². The molecule has 0 unspecified atom stereocenters. The molecule has 2 aromatic heterocycles. The fraction of sp³-hybridized carbons (Fsp3) is 0.154. The second-order valence-electron chi connectivity index (χ2n) is 8.00. The topological polar surface area (TPSA) is 148 Å². The normalized spacial score (nSPS) is 9.88. The van der Waals surface area contributed by atoms with Gasteiger partial charge in [0.1, 0.15) is 11.0 Å². The average molecular weight is 748 g/mol. The summed E-state index contributed by atoms with van der Waals surface area (Å²) in [5.74, 6) is 0.289. The standard InChI is InChI=1S/C13H12BrClN4O.C9H12N2O.C4HBrCl2N2/c1-7-3-4-8(12(20)16-2)5-10(7)18-11-9(14)6-17-13(15)19-11;1-6-3-4-7(5-8(6)10)9(12)11-2;5-2-1-8-4(7)9-3(2)6/h3-6H,1-2H3,(H,16,20)(H,17,18,19);3-5H,10H2,1-2H3,(H,11,12);1H. The molecule has 4 aromatic rings. The smallest absolute Gasteiger partial charge is 0.251 e. The monoisotopic (exact) mass is 744 g/mol. The third-order valence-corrected chi connectivity index (χ3v) is 7.18. The second kappa shape index (κ2) is 16.4. The Morgan fingerprint density at radius 3 is 1.80 bits per heavy atom. The van der Waals surface area contributed by atoms with Crippen molar-refractivity contribution in [1.82, 2.24) is 30.6 Å². The van der Waals surface area contributed by atoms with Crippen LogP contribution in [-0.2, 0) is 0 Å². The maximum atomic E-state index is 11.7. The van der Waals surface area contributed by atoms with Gasteiger partial charge in [0.15, 0.2) is 0 Å². The molecule has 0 spiro atoms. The molecule has 0 aliphatic carbocycles. The zero-order chi connectivity index (χ0) is 30.7. The number of carbonyl (C=O) groups is 2. The Morgan fingerprint density at radius 1 is 0.780 bits per heavy atom. The lowest BCUT2D eigenvalue weighted by Crippen LogP contribution is -2.17. The summed E-state index contributed by atoms with van der Waals surface area (Å²) in [6.07, 6.45) is 3.06. The molecule has 0 fully saturated rings. The van der Waals surface area contributed by atoms with Gasteiger partial charge in [-0.25, -0.2) is 15.0 Å². The van der Waals surface area contributed by atoms with Gasteiger partial charge in [-0.1, -0.05) is 23.7 Å². The molecule has 0 atom stereocenters. The van der Waals surface area contributed by atoms with E-state index in [1.54, 1.807) is 44.6 Å². The summed E-state index contributed by atoms with van der Waals surface area (Å²) < 4.78 is 1.33. The van der Waals surface area contributed by atoms with E-state index >= 15 is 0 Å². The molecular weight excluding hydrogens is 723 g/mol. The van der Waals surface area contributed by atoms with Crippen molar-refractivity contribution in [2.24, 2.45) is 0 Å². The van der Waals surface area contributed by atoms with Gasteiger partial charge in [-0.05, 0) is 104 Å². The molecule has 0 bridgehead atoms. The number of hydrogen-bond acceptors (Lipinski definition) is 8. The number of nitrogens with zero attached hydrogens (tertiary/aromatic N) is 4. The highest BCUT2D eigenvalue weighted by atomic mass is 79.9. The van der Waals surface area contributed by atoms with Gasteiger partial charge in [0, 0.05) is 49.0 Å². The largest absolute Gasteiger partial charge is 0.398 e. The zero-order valence-electron chi connectivity index (χ0n) is 22.2. The van der Waals surface area contributed by atoms with E-state index in [1.165, 1.54) is 6.20 Å². The summed E-state index contributed by atoms with van der Waals surface area (Å²) in [5, 5.41) is 8.89. The number of hydrogen-bond donors (Lipinski definition) is 4. The minimum absolute atomic E-state index is 0.110. The van der Waals surface area contributed by atoms with Crippen LogP contribution in [0.4, 0.5) is 17.2 Å². The van der Waals surface area contributed by atoms with Gasteiger partial charge in [0.2, 0.25) is 10.6 Å². The summed E-state index contributed by atoms with van der Waals surface area (Å²) in [6, 6.07) is 10.7. The van der Waals surface area contributed by atoms with Crippen molar-refractivity contribution in [1.29, 1.82) is 0 Å². The lowest BCUT2D eigenvalue weighted by Gasteiger charge is -2.11. The predicted molar refractivity (Wildman–Crippen MR) is 171 cm³/mol. The molecule has 5 N–H and O–H groups in total. The molecule has 0 aliphatic rings. The third kappa shape index (κ3) is 10.7. The summed E-state index contributed by atoms with van der Waals surface area (Å²) in [5.41, 5.74) is 10.2. The Balaban J connectivity index is 0.000000237. The van der Waals surface area contributed by atoms with Gasteiger partial charge >= 0.3 is 0 Å². The molecule has 0 saturated carbocycles. The minimum Gasteiger partial charge on any atom is -0.398 e. The van der Waals surface area contributed by atoms with E-state index in [0.717, 1.165) is 16.8 Å². The van der Waals surface area contributed by atoms with Crippen molar-refractivity contribution in [3.05, 3.63) is 95.7 Å². The number of carbonyl (C=O) groups excluding carboxylic acids is 2. The van der Waals surface area contributed by atoms with Gasteiger partial charge in [-0.2, -0.15) is 4.98 Å². The van der Waals surface area contributed by atoms with E-state index in [9.17, 15) is 9.59 Å². The number of aromatic nitrogens is 4. The van der Waals surface area contributed by atoms with Crippen molar-refractivity contribution < 1.29 is 9.59 Å². The Bertz CT molecular complexity index is 1540. The number of rotatable bonds is 4. The lowest BCUT2D eigenvalue weighted by atomic mass is 10.1. The number of halogens is 5. The summed E-state index contributed by atoms with van der Waals surface area (Å²) in [6.45, 7) is 3.84. The molecular formula is C26H25Br2Cl3N8O2. The van der Waals surface area contributed by atoms with Crippen LogP contribution < -0.4 is 21.7 Å². The SMILES string of the molecule is CNC(=O)c1ccc(C)c(N)c1.CNC(=O)c1ccc(C)c(Nc2nc(Cl)ncc2Br)c1.Clc1ncc(Br)c(Cl)n1. The highest BCUT2D eigenvalue weighted by molar-refractivity contribution is 9.11. The first-order valence-electron chi connectivity index (χ1n) is 11.6. The van der Waals surface area contributed by atoms with Gasteiger partial charge < -0.3 is 21.7 Å². The highest BCUT2D eigenvalue weighted by Gasteiger charge is 2.10. The molecule has 10 nitrogen and oxygen atoms in total. The number of amides is 2. The molecule has 2 amide bonds. The van der Waals surface area contributed by atoms with Crippen molar-refractivity contribution in [2.45, 2.75) is 13.8 Å². The molecule has 216 valence electrons. The Hall–Kier alpha value is -3.03. The van der Waals surface area contributed by atoms with Crippen LogP contribution >= 0.6 is 66.7 Å². The van der Waals surface area contributed by atoms with Crippen molar-refractivity contribution >= 4 is 95.7 Å². The van der Waals surface area contributed by atoms with Crippen LogP contribution in [0.3, 0.4) is 0 Å². The predicted octanol–water partition coefficient (Wildman–Crippen LogP) is 6.79. The minimum atomic E-state index is -0.146.